The van der Waals surface area contributed by atoms with Crippen LogP contribution < -0.4 is 10.6 Å². The van der Waals surface area contributed by atoms with E-state index in [1.54, 1.807) is 12.5 Å². The summed E-state index contributed by atoms with van der Waals surface area (Å²) in [5.41, 5.74) is 3.03. The van der Waals surface area contributed by atoms with Gasteiger partial charge in [-0.1, -0.05) is 26.8 Å². The number of imidazole rings is 1. The molecule has 128 valence electrons. The van der Waals surface area contributed by atoms with E-state index in [1.165, 1.54) is 5.56 Å². The number of hydrogen-bond donors (Lipinski definition) is 2. The molecule has 6 nitrogen and oxygen atoms in total. The maximum atomic E-state index is 12.4. The molecule has 3 rings (SSSR count). The van der Waals surface area contributed by atoms with Crippen molar-refractivity contribution in [1.29, 1.82) is 0 Å². The zero-order valence-corrected chi connectivity index (χ0v) is 14.4. The molecular weight excluding hydrogens is 304 g/mol. The Bertz CT molecular complexity index is 704. The number of nitrogens with one attached hydrogen (secondary N) is 2. The van der Waals surface area contributed by atoms with Gasteiger partial charge in [-0.3, -0.25) is 0 Å². The number of rotatable bonds is 4. The first kappa shape index (κ1) is 16.5. The Morgan fingerprint density at radius 3 is 2.83 bits per heavy atom. The molecule has 6 heteroatoms. The molecule has 2 amide bonds. The van der Waals surface area contributed by atoms with Crippen LogP contribution in [0.5, 0.6) is 0 Å². The van der Waals surface area contributed by atoms with Crippen molar-refractivity contribution >= 4 is 11.7 Å². The first-order valence-electron chi connectivity index (χ1n) is 8.14. The molecule has 24 heavy (non-hydrogen) atoms. The van der Waals surface area contributed by atoms with E-state index in [9.17, 15) is 4.79 Å². The lowest BCUT2D eigenvalue weighted by Crippen LogP contribution is -2.47. The summed E-state index contributed by atoms with van der Waals surface area (Å²) in [5, 5.41) is 6.00. The standard InChI is InChI=1S/C18H24N4O2/c1-18(2,3)16(9-22-7-6-19-12-22)21-17(23)20-15-5-4-13-10-24-11-14(13)8-15/h4-8,12,16H,9-11H2,1-3H3,(H2,20,21,23)/t16-/m0/s1. The van der Waals surface area contributed by atoms with Crippen LogP contribution >= 0.6 is 0 Å². The van der Waals surface area contributed by atoms with Crippen molar-refractivity contribution < 1.29 is 9.53 Å². The lowest BCUT2D eigenvalue weighted by atomic mass is 9.86. The lowest BCUT2D eigenvalue weighted by Gasteiger charge is -2.31. The molecule has 0 saturated heterocycles. The monoisotopic (exact) mass is 328 g/mol. The summed E-state index contributed by atoms with van der Waals surface area (Å²) in [4.78, 5) is 16.5. The number of carbonyl (C=O) groups excluding carboxylic acids is 1. The van der Waals surface area contributed by atoms with Crippen LogP contribution in [-0.4, -0.2) is 21.6 Å². The fourth-order valence-corrected chi connectivity index (χ4v) is 2.72. The minimum Gasteiger partial charge on any atom is -0.372 e. The van der Waals surface area contributed by atoms with Crippen molar-refractivity contribution in [2.24, 2.45) is 5.41 Å². The summed E-state index contributed by atoms with van der Waals surface area (Å²) < 4.78 is 7.38. The third kappa shape index (κ3) is 3.94. The number of fused-ring (bicyclic) bond motifs is 1. The van der Waals surface area contributed by atoms with Crippen LogP contribution in [0.1, 0.15) is 31.9 Å². The van der Waals surface area contributed by atoms with Gasteiger partial charge in [-0.25, -0.2) is 9.78 Å². The number of nitrogens with zero attached hydrogens (tertiary/aromatic N) is 2. The van der Waals surface area contributed by atoms with Gasteiger partial charge < -0.3 is 19.9 Å². The second-order valence-corrected chi connectivity index (χ2v) is 7.25. The van der Waals surface area contributed by atoms with Gasteiger partial charge in [0.05, 0.1) is 25.6 Å². The average molecular weight is 328 g/mol. The van der Waals surface area contributed by atoms with E-state index in [1.807, 2.05) is 29.0 Å². The van der Waals surface area contributed by atoms with Crippen molar-refractivity contribution in [3.05, 3.63) is 48.0 Å². The van der Waals surface area contributed by atoms with Gasteiger partial charge in [0.25, 0.3) is 0 Å². The third-order valence-corrected chi connectivity index (χ3v) is 4.28. The Morgan fingerprint density at radius 1 is 1.33 bits per heavy atom. The van der Waals surface area contributed by atoms with Crippen LogP contribution in [0.4, 0.5) is 10.5 Å². The molecule has 0 bridgehead atoms. The second kappa shape index (κ2) is 6.65. The van der Waals surface area contributed by atoms with Gasteiger partial charge in [-0.05, 0) is 28.7 Å². The summed E-state index contributed by atoms with van der Waals surface area (Å²) in [7, 11) is 0. The van der Waals surface area contributed by atoms with Gasteiger partial charge >= 0.3 is 6.03 Å². The predicted molar refractivity (Wildman–Crippen MR) is 92.6 cm³/mol. The highest BCUT2D eigenvalue weighted by atomic mass is 16.5. The molecule has 2 N–H and O–H groups in total. The van der Waals surface area contributed by atoms with Gasteiger partial charge in [0.15, 0.2) is 0 Å². The summed E-state index contributed by atoms with van der Waals surface area (Å²) >= 11 is 0. The fraction of sp³-hybridized carbons (Fsp3) is 0.444. The number of hydrogen-bond acceptors (Lipinski definition) is 3. The molecule has 0 fully saturated rings. The molecular formula is C18H24N4O2. The van der Waals surface area contributed by atoms with Crippen LogP contribution in [0.2, 0.25) is 0 Å². The molecule has 2 aromatic rings. The van der Waals surface area contributed by atoms with E-state index in [2.05, 4.69) is 36.4 Å². The lowest BCUT2D eigenvalue weighted by molar-refractivity contribution is 0.134. The van der Waals surface area contributed by atoms with E-state index in [0.29, 0.717) is 19.8 Å². The van der Waals surface area contributed by atoms with Crippen molar-refractivity contribution in [3.8, 4) is 0 Å². The van der Waals surface area contributed by atoms with E-state index < -0.39 is 0 Å². The largest absolute Gasteiger partial charge is 0.372 e. The molecule has 0 saturated carbocycles. The summed E-state index contributed by atoms with van der Waals surface area (Å²) in [6.45, 7) is 8.27. The van der Waals surface area contributed by atoms with Gasteiger partial charge in [-0.2, -0.15) is 0 Å². The van der Waals surface area contributed by atoms with Gasteiger partial charge in [0, 0.05) is 24.6 Å². The molecule has 1 aromatic heterocycles. The Labute approximate surface area is 142 Å². The Hall–Kier alpha value is -2.34. The smallest absolute Gasteiger partial charge is 0.319 e. The first-order valence-corrected chi connectivity index (χ1v) is 8.14. The minimum absolute atomic E-state index is 0.0236. The van der Waals surface area contributed by atoms with Crippen LogP contribution in [-0.2, 0) is 24.5 Å². The topological polar surface area (TPSA) is 68.2 Å². The van der Waals surface area contributed by atoms with Crippen molar-refractivity contribution in [2.45, 2.75) is 46.6 Å². The molecule has 0 unspecified atom stereocenters. The molecule has 1 aliphatic heterocycles. The number of ether oxygens (including phenoxy) is 1. The molecule has 1 aromatic carbocycles. The fourth-order valence-electron chi connectivity index (χ4n) is 2.72. The Kier molecular flexibility index (Phi) is 4.57. The van der Waals surface area contributed by atoms with Crippen LogP contribution in [0.15, 0.2) is 36.9 Å². The quantitative estimate of drug-likeness (QED) is 0.906. The number of anilines is 1. The summed E-state index contributed by atoms with van der Waals surface area (Å²) in [5.74, 6) is 0. The number of aromatic nitrogens is 2. The van der Waals surface area contributed by atoms with Gasteiger partial charge in [0.1, 0.15) is 0 Å². The number of benzene rings is 1. The highest BCUT2D eigenvalue weighted by Gasteiger charge is 2.26. The van der Waals surface area contributed by atoms with Crippen LogP contribution in [0.3, 0.4) is 0 Å². The number of urea groups is 1. The minimum atomic E-state index is -0.200. The van der Waals surface area contributed by atoms with Crippen molar-refractivity contribution in [3.63, 3.8) is 0 Å². The second-order valence-electron chi connectivity index (χ2n) is 7.25. The molecule has 1 atom stereocenters. The summed E-state index contributed by atoms with van der Waals surface area (Å²) in [6.07, 6.45) is 5.41. The first-order chi connectivity index (χ1) is 11.4. The zero-order chi connectivity index (χ0) is 17.2. The summed E-state index contributed by atoms with van der Waals surface area (Å²) in [6, 6.07) is 5.67. The normalized spacial score (nSPS) is 15.0. The maximum absolute atomic E-state index is 12.4. The highest BCUT2D eigenvalue weighted by molar-refractivity contribution is 5.89. The van der Waals surface area contributed by atoms with Crippen LogP contribution in [0, 0.1) is 5.41 Å². The Balaban J connectivity index is 1.65. The SMILES string of the molecule is CC(C)(C)[C@H](Cn1ccnc1)NC(=O)Nc1ccc2c(c1)COC2. The molecule has 0 radical (unpaired) electrons. The van der Waals surface area contributed by atoms with Gasteiger partial charge in [-0.15, -0.1) is 0 Å². The van der Waals surface area contributed by atoms with E-state index in [0.717, 1.165) is 11.3 Å². The maximum Gasteiger partial charge on any atom is 0.319 e. The third-order valence-electron chi connectivity index (χ3n) is 4.28. The van der Waals surface area contributed by atoms with Crippen molar-refractivity contribution in [2.75, 3.05) is 5.32 Å². The number of carbonyl (C=O) groups is 1. The van der Waals surface area contributed by atoms with E-state index in [-0.39, 0.29) is 17.5 Å². The predicted octanol–water partition coefficient (Wildman–Crippen LogP) is 3.15. The number of amides is 2. The molecule has 0 aliphatic carbocycles. The highest BCUT2D eigenvalue weighted by Crippen LogP contribution is 2.24. The van der Waals surface area contributed by atoms with Crippen LogP contribution in [0.25, 0.3) is 0 Å². The molecule has 0 spiro atoms. The Morgan fingerprint density at radius 2 is 2.12 bits per heavy atom. The van der Waals surface area contributed by atoms with Crippen molar-refractivity contribution in [1.82, 2.24) is 14.9 Å². The average Bonchev–Trinajstić information content (AvgIpc) is 3.16. The molecule has 2 heterocycles. The van der Waals surface area contributed by atoms with E-state index in [4.69, 9.17) is 4.74 Å². The molecule has 1 aliphatic rings. The van der Waals surface area contributed by atoms with Gasteiger partial charge in [0.2, 0.25) is 0 Å². The van der Waals surface area contributed by atoms with E-state index >= 15 is 0 Å². The zero-order valence-electron chi connectivity index (χ0n) is 14.4.